The Hall–Kier alpha value is -0.870. The van der Waals surface area contributed by atoms with Crippen molar-refractivity contribution in [3.63, 3.8) is 0 Å². The van der Waals surface area contributed by atoms with E-state index in [1.807, 2.05) is 6.07 Å². The van der Waals surface area contributed by atoms with Crippen LogP contribution in [0.2, 0.25) is 0 Å². The van der Waals surface area contributed by atoms with Gasteiger partial charge in [0.1, 0.15) is 0 Å². The first-order chi connectivity index (χ1) is 9.78. The van der Waals surface area contributed by atoms with Crippen molar-refractivity contribution in [3.8, 4) is 0 Å². The number of likely N-dealkylation sites (tertiary alicyclic amines) is 1. The van der Waals surface area contributed by atoms with Crippen LogP contribution in [-0.4, -0.2) is 36.5 Å². The third-order valence-electron chi connectivity index (χ3n) is 4.72. The van der Waals surface area contributed by atoms with Crippen molar-refractivity contribution in [2.45, 2.75) is 45.1 Å². The molecule has 3 heterocycles. The molecule has 2 fully saturated rings. The zero-order valence-electron chi connectivity index (χ0n) is 12.2. The summed E-state index contributed by atoms with van der Waals surface area (Å²) in [6.07, 6.45) is 5.99. The van der Waals surface area contributed by atoms with Gasteiger partial charge in [-0.1, -0.05) is 6.92 Å². The molecule has 1 atom stereocenters. The number of hydrogen-bond donors (Lipinski definition) is 1. The lowest BCUT2D eigenvalue weighted by atomic mass is 9.88. The van der Waals surface area contributed by atoms with Gasteiger partial charge >= 0.3 is 0 Å². The second kappa shape index (κ2) is 6.27. The fraction of sp³-hybridized carbons (Fsp3) is 0.688. The summed E-state index contributed by atoms with van der Waals surface area (Å²) in [7, 11) is 0. The smallest absolute Gasteiger partial charge is 0.263 e. The molecule has 1 aromatic rings. The number of hydrogen-bond acceptors (Lipinski definition) is 3. The second-order valence-corrected chi connectivity index (χ2v) is 7.12. The number of nitrogens with zero attached hydrogens (tertiary/aromatic N) is 1. The third-order valence-corrected chi connectivity index (χ3v) is 5.93. The maximum absolute atomic E-state index is 12.5. The zero-order valence-corrected chi connectivity index (χ0v) is 13.0. The fourth-order valence-corrected chi connectivity index (χ4v) is 4.37. The molecule has 1 amide bonds. The molecule has 0 bridgehead atoms. The third kappa shape index (κ3) is 2.91. The van der Waals surface area contributed by atoms with Gasteiger partial charge in [-0.2, -0.15) is 0 Å². The van der Waals surface area contributed by atoms with Gasteiger partial charge in [0.2, 0.25) is 0 Å². The molecule has 0 aliphatic carbocycles. The highest BCUT2D eigenvalue weighted by atomic mass is 32.1. The Balaban J connectivity index is 1.55. The van der Waals surface area contributed by atoms with Crippen LogP contribution in [0.1, 0.15) is 47.2 Å². The van der Waals surface area contributed by atoms with E-state index in [1.165, 1.54) is 24.3 Å². The molecule has 1 N–H and O–H groups in total. The van der Waals surface area contributed by atoms with Gasteiger partial charge in [0.05, 0.1) is 4.88 Å². The van der Waals surface area contributed by atoms with E-state index in [0.29, 0.717) is 6.04 Å². The average Bonchev–Trinajstić information content (AvgIpc) is 3.18. The quantitative estimate of drug-likeness (QED) is 0.929. The fourth-order valence-electron chi connectivity index (χ4n) is 3.46. The molecule has 1 aromatic heterocycles. The maximum atomic E-state index is 12.5. The number of thiophene rings is 1. The van der Waals surface area contributed by atoms with Gasteiger partial charge in [0, 0.05) is 24.0 Å². The summed E-state index contributed by atoms with van der Waals surface area (Å²) in [4.78, 5) is 16.8. The largest absolute Gasteiger partial charge is 0.338 e. The van der Waals surface area contributed by atoms with E-state index in [0.717, 1.165) is 43.1 Å². The van der Waals surface area contributed by atoms with Crippen molar-refractivity contribution >= 4 is 17.2 Å². The van der Waals surface area contributed by atoms with Crippen LogP contribution in [0, 0.1) is 5.92 Å². The molecule has 0 radical (unpaired) electrons. The SMILES string of the molecule is CCc1ccc(C(=O)N2CCC(C3CCCN3)CC2)s1. The monoisotopic (exact) mass is 292 g/mol. The van der Waals surface area contributed by atoms with E-state index < -0.39 is 0 Å². The van der Waals surface area contributed by atoms with Crippen LogP contribution < -0.4 is 5.32 Å². The zero-order chi connectivity index (χ0) is 13.9. The Bertz CT molecular complexity index is 457. The van der Waals surface area contributed by atoms with Gasteiger partial charge < -0.3 is 10.2 Å². The first-order valence-corrected chi connectivity index (χ1v) is 8.71. The van der Waals surface area contributed by atoms with Crippen molar-refractivity contribution in [3.05, 3.63) is 21.9 Å². The van der Waals surface area contributed by atoms with Gasteiger partial charge in [-0.15, -0.1) is 11.3 Å². The molecule has 20 heavy (non-hydrogen) atoms. The van der Waals surface area contributed by atoms with E-state index in [4.69, 9.17) is 0 Å². The Kier molecular flexibility index (Phi) is 4.41. The first kappa shape index (κ1) is 14.1. The molecule has 0 aromatic carbocycles. The standard InChI is InChI=1S/C16H24N2OS/c1-2-13-5-6-15(20-13)16(19)18-10-7-12(8-11-18)14-4-3-9-17-14/h5-6,12,14,17H,2-4,7-11H2,1H3. The van der Waals surface area contributed by atoms with Crippen LogP contribution in [0.3, 0.4) is 0 Å². The van der Waals surface area contributed by atoms with Crippen LogP contribution >= 0.6 is 11.3 Å². The van der Waals surface area contributed by atoms with Crippen LogP contribution in [0.15, 0.2) is 12.1 Å². The van der Waals surface area contributed by atoms with E-state index in [2.05, 4.69) is 23.2 Å². The highest BCUT2D eigenvalue weighted by Gasteiger charge is 2.30. The molecule has 0 spiro atoms. The number of piperidine rings is 1. The van der Waals surface area contributed by atoms with Gasteiger partial charge in [-0.05, 0) is 56.7 Å². The lowest BCUT2D eigenvalue weighted by molar-refractivity contribution is 0.0679. The van der Waals surface area contributed by atoms with E-state index in [1.54, 1.807) is 11.3 Å². The number of nitrogens with one attached hydrogen (secondary N) is 1. The van der Waals surface area contributed by atoms with Crippen molar-refractivity contribution in [2.75, 3.05) is 19.6 Å². The summed E-state index contributed by atoms with van der Waals surface area (Å²) in [5.41, 5.74) is 0. The predicted octanol–water partition coefficient (Wildman–Crippen LogP) is 2.91. The Morgan fingerprint density at radius 1 is 1.35 bits per heavy atom. The Labute approximate surface area is 125 Å². The highest BCUT2D eigenvalue weighted by Crippen LogP contribution is 2.27. The molecule has 2 aliphatic rings. The van der Waals surface area contributed by atoms with Gasteiger partial charge in [0.15, 0.2) is 0 Å². The number of amides is 1. The molecular weight excluding hydrogens is 268 g/mol. The van der Waals surface area contributed by atoms with Crippen molar-refractivity contribution in [1.82, 2.24) is 10.2 Å². The van der Waals surface area contributed by atoms with Gasteiger partial charge in [0.25, 0.3) is 5.91 Å². The van der Waals surface area contributed by atoms with Crippen molar-refractivity contribution < 1.29 is 4.79 Å². The number of carbonyl (C=O) groups excluding carboxylic acids is 1. The van der Waals surface area contributed by atoms with E-state index in [9.17, 15) is 4.79 Å². The summed E-state index contributed by atoms with van der Waals surface area (Å²) in [6.45, 7) is 5.18. The van der Waals surface area contributed by atoms with Crippen LogP contribution in [0.25, 0.3) is 0 Å². The second-order valence-electron chi connectivity index (χ2n) is 5.95. The molecule has 0 saturated carbocycles. The number of aryl methyl sites for hydroxylation is 1. The van der Waals surface area contributed by atoms with Gasteiger partial charge in [-0.25, -0.2) is 0 Å². The molecule has 2 aliphatic heterocycles. The van der Waals surface area contributed by atoms with E-state index in [-0.39, 0.29) is 5.91 Å². The molecule has 110 valence electrons. The normalized spacial score (nSPS) is 24.2. The van der Waals surface area contributed by atoms with Crippen LogP contribution in [-0.2, 0) is 6.42 Å². The molecule has 1 unspecified atom stereocenters. The molecule has 4 heteroatoms. The minimum Gasteiger partial charge on any atom is -0.338 e. The summed E-state index contributed by atoms with van der Waals surface area (Å²) in [6, 6.07) is 4.80. The highest BCUT2D eigenvalue weighted by molar-refractivity contribution is 7.14. The molecule has 3 rings (SSSR count). The molecule has 2 saturated heterocycles. The Morgan fingerprint density at radius 2 is 2.15 bits per heavy atom. The number of carbonyl (C=O) groups is 1. The lowest BCUT2D eigenvalue weighted by Crippen LogP contribution is -2.43. The maximum Gasteiger partial charge on any atom is 0.263 e. The summed E-state index contributed by atoms with van der Waals surface area (Å²) in [5.74, 6) is 1.02. The Morgan fingerprint density at radius 3 is 2.75 bits per heavy atom. The van der Waals surface area contributed by atoms with E-state index >= 15 is 0 Å². The average molecular weight is 292 g/mol. The lowest BCUT2D eigenvalue weighted by Gasteiger charge is -2.34. The van der Waals surface area contributed by atoms with Gasteiger partial charge in [-0.3, -0.25) is 4.79 Å². The van der Waals surface area contributed by atoms with Crippen molar-refractivity contribution in [2.24, 2.45) is 5.92 Å². The minimum absolute atomic E-state index is 0.243. The predicted molar refractivity (Wildman–Crippen MR) is 83.3 cm³/mol. The van der Waals surface area contributed by atoms with Crippen LogP contribution in [0.4, 0.5) is 0 Å². The number of rotatable bonds is 3. The summed E-state index contributed by atoms with van der Waals surface area (Å²) >= 11 is 1.66. The first-order valence-electron chi connectivity index (χ1n) is 7.89. The van der Waals surface area contributed by atoms with Crippen molar-refractivity contribution in [1.29, 1.82) is 0 Å². The molecule has 3 nitrogen and oxygen atoms in total. The summed E-state index contributed by atoms with van der Waals surface area (Å²) in [5, 5.41) is 3.61. The topological polar surface area (TPSA) is 32.3 Å². The minimum atomic E-state index is 0.243. The summed E-state index contributed by atoms with van der Waals surface area (Å²) < 4.78 is 0. The van der Waals surface area contributed by atoms with Crippen LogP contribution in [0.5, 0.6) is 0 Å². The molecular formula is C16H24N2OS.